The standard InChI is InChI=1S/C28H14N10/c1-27(2)13(7-29)5-15-22(24-19(11-33)37-38-20(24)12-34)26-16(6-14(8-30)28(26,3)4)21(25(15)27)23-17(9-31)35-36-18(23)10-32/h5-6H,1-4H3. The van der Waals surface area contributed by atoms with E-state index in [1.54, 1.807) is 12.2 Å². The van der Waals surface area contributed by atoms with E-state index >= 15 is 0 Å². The molecule has 0 atom stereocenters. The lowest BCUT2D eigenvalue weighted by Crippen LogP contribution is -2.39. The number of rotatable bonds is 0. The summed E-state index contributed by atoms with van der Waals surface area (Å²) < 4.78 is 0. The van der Waals surface area contributed by atoms with Crippen molar-refractivity contribution in [3.8, 4) is 36.4 Å². The smallest absolute Gasteiger partial charge is 0.173 e. The number of nitrogens with zero attached hydrogens (tertiary/aromatic N) is 10. The zero-order valence-corrected chi connectivity index (χ0v) is 20.6. The minimum Gasteiger partial charge on any atom is -0.193 e. The van der Waals surface area contributed by atoms with Gasteiger partial charge in [0, 0.05) is 22.0 Å². The Kier molecular flexibility index (Phi) is 4.87. The third-order valence-electron chi connectivity index (χ3n) is 7.36. The van der Waals surface area contributed by atoms with E-state index in [9.17, 15) is 31.6 Å². The molecular weight excluding hydrogens is 476 g/mol. The fourth-order valence-electron chi connectivity index (χ4n) is 5.57. The van der Waals surface area contributed by atoms with Crippen LogP contribution in [-0.4, -0.2) is 22.8 Å². The molecule has 0 spiro atoms. The molecule has 0 fully saturated rings. The van der Waals surface area contributed by atoms with Gasteiger partial charge in [-0.25, -0.2) is 0 Å². The van der Waals surface area contributed by atoms with Gasteiger partial charge < -0.3 is 0 Å². The van der Waals surface area contributed by atoms with Gasteiger partial charge in [0.15, 0.2) is 22.8 Å². The highest BCUT2D eigenvalue weighted by atomic mass is 15.2. The summed E-state index contributed by atoms with van der Waals surface area (Å²) in [6.45, 7) is 7.34. The molecule has 2 aliphatic carbocycles. The van der Waals surface area contributed by atoms with Gasteiger partial charge in [0.05, 0.1) is 23.3 Å². The second-order valence-electron chi connectivity index (χ2n) is 9.91. The molecule has 5 rings (SSSR count). The van der Waals surface area contributed by atoms with E-state index in [-0.39, 0.29) is 34.0 Å². The second kappa shape index (κ2) is 7.78. The number of fused-ring (bicyclic) bond motifs is 2. The number of nitriles is 6. The van der Waals surface area contributed by atoms with Crippen LogP contribution in [-0.2, 0) is 10.8 Å². The van der Waals surface area contributed by atoms with Crippen molar-refractivity contribution in [1.29, 1.82) is 31.6 Å². The SMILES string of the molecule is CC1(C)C(C#N)=Cc2c1c(=C1C(C#N)=NN=C1C#N)c1c(c2=C2C(C#N)=NN=C2C#N)C(C)(C)C(C#N)=C1. The molecule has 2 aliphatic heterocycles. The first-order chi connectivity index (χ1) is 18.1. The van der Waals surface area contributed by atoms with Gasteiger partial charge in [0.1, 0.15) is 24.3 Å². The zero-order valence-electron chi connectivity index (χ0n) is 20.6. The van der Waals surface area contributed by atoms with Gasteiger partial charge in [-0.3, -0.25) is 0 Å². The van der Waals surface area contributed by atoms with Crippen molar-refractivity contribution in [1.82, 2.24) is 0 Å². The molecule has 1 aromatic carbocycles. The number of hydrogen-bond acceptors (Lipinski definition) is 10. The third kappa shape index (κ3) is 2.75. The van der Waals surface area contributed by atoms with Crippen molar-refractivity contribution in [3.05, 3.63) is 43.8 Å². The molecule has 10 heteroatoms. The number of hydrogen-bond donors (Lipinski definition) is 0. The van der Waals surface area contributed by atoms with Crippen molar-refractivity contribution in [2.75, 3.05) is 0 Å². The quantitative estimate of drug-likeness (QED) is 0.534. The number of benzene rings is 1. The highest BCUT2D eigenvalue weighted by Crippen LogP contribution is 2.44. The predicted molar refractivity (Wildman–Crippen MR) is 138 cm³/mol. The Morgan fingerprint density at radius 3 is 1.03 bits per heavy atom. The molecule has 0 bridgehead atoms. The van der Waals surface area contributed by atoms with Gasteiger partial charge in [-0.2, -0.15) is 31.6 Å². The average Bonchev–Trinajstić information content (AvgIpc) is 3.63. The second-order valence-corrected chi connectivity index (χ2v) is 9.91. The van der Waals surface area contributed by atoms with Crippen LogP contribution in [0.4, 0.5) is 0 Å². The Morgan fingerprint density at radius 1 is 0.500 bits per heavy atom. The van der Waals surface area contributed by atoms with Gasteiger partial charge in [-0.1, -0.05) is 27.7 Å². The molecule has 1 aromatic rings. The maximum Gasteiger partial charge on any atom is 0.173 e. The van der Waals surface area contributed by atoms with Crippen LogP contribution in [0.2, 0.25) is 0 Å². The first kappa shape index (κ1) is 23.8. The molecular formula is C28H14N10. The Balaban J connectivity index is 2.24. The highest BCUT2D eigenvalue weighted by molar-refractivity contribution is 6.55. The maximum absolute atomic E-state index is 10.1. The molecule has 0 amide bonds. The minimum absolute atomic E-state index is 0.0661. The lowest BCUT2D eigenvalue weighted by atomic mass is 9.73. The van der Waals surface area contributed by atoms with Gasteiger partial charge in [-0.15, -0.1) is 20.4 Å². The van der Waals surface area contributed by atoms with E-state index in [1.165, 1.54) is 0 Å². The topological polar surface area (TPSA) is 192 Å². The van der Waals surface area contributed by atoms with Gasteiger partial charge >= 0.3 is 0 Å². The van der Waals surface area contributed by atoms with Gasteiger partial charge in [0.2, 0.25) is 0 Å². The van der Waals surface area contributed by atoms with Crippen molar-refractivity contribution >= 4 is 46.1 Å². The van der Waals surface area contributed by atoms with E-state index in [0.717, 1.165) is 0 Å². The Hall–Kier alpha value is -5.94. The van der Waals surface area contributed by atoms with E-state index in [4.69, 9.17) is 0 Å². The maximum atomic E-state index is 10.1. The predicted octanol–water partition coefficient (Wildman–Crippen LogP) is 2.10. The molecule has 176 valence electrons. The van der Waals surface area contributed by atoms with Crippen LogP contribution in [0.3, 0.4) is 0 Å². The van der Waals surface area contributed by atoms with Crippen LogP contribution in [0.5, 0.6) is 0 Å². The lowest BCUT2D eigenvalue weighted by molar-refractivity contribution is 0.638. The van der Waals surface area contributed by atoms with Gasteiger partial charge in [-0.05, 0) is 44.8 Å². The van der Waals surface area contributed by atoms with Crippen molar-refractivity contribution < 1.29 is 0 Å². The minimum atomic E-state index is -0.916. The van der Waals surface area contributed by atoms with Gasteiger partial charge in [0.25, 0.3) is 0 Å². The summed E-state index contributed by atoms with van der Waals surface area (Å²) in [5.74, 6) is 0. The van der Waals surface area contributed by atoms with Crippen LogP contribution in [0, 0.1) is 68.0 Å². The Labute approximate surface area is 217 Å². The first-order valence-electron chi connectivity index (χ1n) is 11.3. The molecule has 2 heterocycles. The molecule has 0 N–H and O–H groups in total. The van der Waals surface area contributed by atoms with Crippen molar-refractivity contribution in [2.45, 2.75) is 38.5 Å². The summed E-state index contributed by atoms with van der Waals surface area (Å²) in [6, 6.07) is 12.5. The van der Waals surface area contributed by atoms with E-state index in [2.05, 4.69) is 32.5 Å². The summed E-state index contributed by atoms with van der Waals surface area (Å²) in [6.07, 6.45) is 3.37. The van der Waals surface area contributed by atoms with Crippen molar-refractivity contribution in [2.24, 2.45) is 20.4 Å². The molecule has 0 radical (unpaired) electrons. The van der Waals surface area contributed by atoms with Crippen molar-refractivity contribution in [3.63, 3.8) is 0 Å². The lowest BCUT2D eigenvalue weighted by Gasteiger charge is -2.27. The largest absolute Gasteiger partial charge is 0.193 e. The molecule has 0 saturated carbocycles. The first-order valence-corrected chi connectivity index (χ1v) is 11.3. The van der Waals surface area contributed by atoms with E-state index < -0.39 is 10.8 Å². The monoisotopic (exact) mass is 490 g/mol. The molecule has 38 heavy (non-hydrogen) atoms. The molecule has 10 nitrogen and oxygen atoms in total. The summed E-state index contributed by atoms with van der Waals surface area (Å²) in [4.78, 5) is 0. The van der Waals surface area contributed by atoms with Crippen LogP contribution in [0.15, 0.2) is 31.6 Å². The average molecular weight is 490 g/mol. The molecule has 4 aliphatic rings. The third-order valence-corrected chi connectivity index (χ3v) is 7.36. The fourth-order valence-corrected chi connectivity index (χ4v) is 5.57. The van der Waals surface area contributed by atoms with E-state index in [0.29, 0.717) is 43.8 Å². The normalized spacial score (nSPS) is 19.1. The summed E-state index contributed by atoms with van der Waals surface area (Å²) in [7, 11) is 0. The zero-order chi connectivity index (χ0) is 27.6. The Bertz CT molecular complexity index is 1800. The fraction of sp³-hybridized carbons (Fsp3) is 0.214. The summed E-state index contributed by atoms with van der Waals surface area (Å²) in [5, 5.41) is 76.2. The Morgan fingerprint density at radius 2 is 0.789 bits per heavy atom. The molecule has 0 aromatic heterocycles. The van der Waals surface area contributed by atoms with Crippen LogP contribution < -0.4 is 10.4 Å². The van der Waals surface area contributed by atoms with Crippen LogP contribution in [0.25, 0.3) is 23.3 Å². The highest BCUT2D eigenvalue weighted by Gasteiger charge is 2.44. The summed E-state index contributed by atoms with van der Waals surface area (Å²) in [5.41, 5.74) is 1.35. The molecule has 0 saturated heterocycles. The van der Waals surface area contributed by atoms with Crippen LogP contribution >= 0.6 is 0 Å². The van der Waals surface area contributed by atoms with Crippen LogP contribution in [0.1, 0.15) is 49.9 Å². The summed E-state index contributed by atoms with van der Waals surface area (Å²) >= 11 is 0. The van der Waals surface area contributed by atoms with E-state index in [1.807, 2.05) is 52.0 Å². The number of allylic oxidation sites excluding steroid dienone is 2. The molecule has 0 unspecified atom stereocenters.